The maximum absolute atomic E-state index is 12.2. The van der Waals surface area contributed by atoms with Crippen molar-refractivity contribution in [2.24, 2.45) is 5.92 Å². The van der Waals surface area contributed by atoms with Crippen LogP contribution >= 0.6 is 0 Å². The number of nitrogens with one attached hydrogen (secondary N) is 1. The quantitative estimate of drug-likeness (QED) is 0.849. The maximum atomic E-state index is 12.2. The van der Waals surface area contributed by atoms with E-state index >= 15 is 0 Å². The van der Waals surface area contributed by atoms with E-state index in [4.69, 9.17) is 0 Å². The molecule has 0 aromatic rings. The highest BCUT2D eigenvalue weighted by molar-refractivity contribution is 5.89. The molecule has 2 rings (SSSR count). The summed E-state index contributed by atoms with van der Waals surface area (Å²) in [6.45, 7) is 10.5. The van der Waals surface area contributed by atoms with Gasteiger partial charge in [0.1, 0.15) is 0 Å². The molecule has 2 heterocycles. The molecule has 2 fully saturated rings. The van der Waals surface area contributed by atoms with Crippen LogP contribution in [-0.2, 0) is 9.59 Å². The van der Waals surface area contributed by atoms with E-state index in [9.17, 15) is 9.59 Å². The van der Waals surface area contributed by atoms with Crippen molar-refractivity contribution in [3.63, 3.8) is 0 Å². The molecule has 0 aromatic heterocycles. The first kappa shape index (κ1) is 16.3. The normalized spacial score (nSPS) is 24.4. The minimum atomic E-state index is -0.195. The van der Waals surface area contributed by atoms with Crippen LogP contribution in [0.15, 0.2) is 0 Å². The lowest BCUT2D eigenvalue weighted by Crippen LogP contribution is -2.44. The number of likely N-dealkylation sites (tertiary alicyclic amines) is 2. The standard InChI is InChI=1S/C16H29N3O2/c1-16(2,3)19-12-13(11-14(19)20)15(21)17-7-10-18-8-5-4-6-9-18/h13H,4-12H2,1-3H3,(H,17,21). The third-order valence-electron chi connectivity index (χ3n) is 4.48. The van der Waals surface area contributed by atoms with Crippen LogP contribution in [0.3, 0.4) is 0 Å². The van der Waals surface area contributed by atoms with Crippen molar-refractivity contribution in [3.8, 4) is 0 Å². The van der Waals surface area contributed by atoms with E-state index in [1.807, 2.05) is 25.7 Å². The average molecular weight is 295 g/mol. The topological polar surface area (TPSA) is 52.7 Å². The molecule has 0 radical (unpaired) electrons. The van der Waals surface area contributed by atoms with Gasteiger partial charge in [-0.15, -0.1) is 0 Å². The Morgan fingerprint density at radius 3 is 2.48 bits per heavy atom. The Labute approximate surface area is 128 Å². The molecule has 1 unspecified atom stereocenters. The second kappa shape index (κ2) is 6.77. The Bertz CT molecular complexity index is 383. The second-order valence-corrected chi connectivity index (χ2v) is 7.27. The third kappa shape index (κ3) is 4.43. The van der Waals surface area contributed by atoms with E-state index in [1.54, 1.807) is 0 Å². The zero-order chi connectivity index (χ0) is 15.5. The lowest BCUT2D eigenvalue weighted by Gasteiger charge is -2.32. The van der Waals surface area contributed by atoms with E-state index < -0.39 is 0 Å². The van der Waals surface area contributed by atoms with E-state index in [1.165, 1.54) is 19.3 Å². The number of hydrogen-bond donors (Lipinski definition) is 1. The fourth-order valence-corrected chi connectivity index (χ4v) is 3.20. The molecule has 0 aliphatic carbocycles. The maximum Gasteiger partial charge on any atom is 0.225 e. The predicted octanol–water partition coefficient (Wildman–Crippen LogP) is 1.24. The average Bonchev–Trinajstić information content (AvgIpc) is 2.82. The van der Waals surface area contributed by atoms with Gasteiger partial charge in [-0.2, -0.15) is 0 Å². The van der Waals surface area contributed by atoms with Crippen LogP contribution in [0.5, 0.6) is 0 Å². The van der Waals surface area contributed by atoms with Crippen molar-refractivity contribution in [1.29, 1.82) is 0 Å². The van der Waals surface area contributed by atoms with Gasteiger partial charge in [0, 0.05) is 31.6 Å². The molecule has 5 nitrogen and oxygen atoms in total. The molecule has 0 aromatic carbocycles. The minimum absolute atomic E-state index is 0.0344. The van der Waals surface area contributed by atoms with Gasteiger partial charge in [-0.05, 0) is 46.7 Å². The zero-order valence-corrected chi connectivity index (χ0v) is 13.7. The summed E-state index contributed by atoms with van der Waals surface area (Å²) in [6, 6.07) is 0. The molecular formula is C16H29N3O2. The van der Waals surface area contributed by atoms with Gasteiger partial charge in [-0.3, -0.25) is 9.59 Å². The van der Waals surface area contributed by atoms with E-state index in [-0.39, 0.29) is 23.3 Å². The van der Waals surface area contributed by atoms with Gasteiger partial charge in [0.05, 0.1) is 5.92 Å². The number of rotatable bonds is 4. The van der Waals surface area contributed by atoms with Crippen LogP contribution in [-0.4, -0.2) is 59.9 Å². The van der Waals surface area contributed by atoms with E-state index in [0.717, 1.165) is 19.6 Å². The molecule has 1 atom stereocenters. The summed E-state index contributed by atoms with van der Waals surface area (Å²) >= 11 is 0. The van der Waals surface area contributed by atoms with Crippen molar-refractivity contribution in [2.45, 2.75) is 52.0 Å². The smallest absolute Gasteiger partial charge is 0.225 e. The van der Waals surface area contributed by atoms with Crippen LogP contribution < -0.4 is 5.32 Å². The minimum Gasteiger partial charge on any atom is -0.355 e. The summed E-state index contributed by atoms with van der Waals surface area (Å²) in [6.07, 6.45) is 4.22. The summed E-state index contributed by atoms with van der Waals surface area (Å²) in [5.41, 5.74) is -0.195. The third-order valence-corrected chi connectivity index (χ3v) is 4.48. The molecule has 0 bridgehead atoms. The van der Waals surface area contributed by atoms with Crippen LogP contribution in [0.25, 0.3) is 0 Å². The Hall–Kier alpha value is -1.10. The molecule has 1 N–H and O–H groups in total. The van der Waals surface area contributed by atoms with Gasteiger partial charge in [-0.1, -0.05) is 6.42 Å². The molecule has 2 amide bonds. The monoisotopic (exact) mass is 295 g/mol. The van der Waals surface area contributed by atoms with Gasteiger partial charge in [0.2, 0.25) is 11.8 Å². The molecule has 2 saturated heterocycles. The number of piperidine rings is 1. The van der Waals surface area contributed by atoms with Gasteiger partial charge >= 0.3 is 0 Å². The van der Waals surface area contributed by atoms with Crippen molar-refractivity contribution < 1.29 is 9.59 Å². The summed E-state index contributed by atoms with van der Waals surface area (Å²) in [5.74, 6) is -0.0520. The van der Waals surface area contributed by atoms with Gasteiger partial charge < -0.3 is 15.1 Å². The van der Waals surface area contributed by atoms with Gasteiger partial charge in [0.15, 0.2) is 0 Å². The number of carbonyl (C=O) groups excluding carboxylic acids is 2. The van der Waals surface area contributed by atoms with Crippen LogP contribution in [0.4, 0.5) is 0 Å². The number of amides is 2. The SMILES string of the molecule is CC(C)(C)N1CC(C(=O)NCCN2CCCCC2)CC1=O. The Morgan fingerprint density at radius 2 is 1.90 bits per heavy atom. The Morgan fingerprint density at radius 1 is 1.24 bits per heavy atom. The van der Waals surface area contributed by atoms with Crippen molar-refractivity contribution in [1.82, 2.24) is 15.1 Å². The predicted molar refractivity (Wildman–Crippen MR) is 82.9 cm³/mol. The summed E-state index contributed by atoms with van der Waals surface area (Å²) in [7, 11) is 0. The van der Waals surface area contributed by atoms with Crippen molar-refractivity contribution in [3.05, 3.63) is 0 Å². The van der Waals surface area contributed by atoms with Crippen molar-refractivity contribution >= 4 is 11.8 Å². The molecule has 2 aliphatic rings. The number of carbonyl (C=O) groups is 2. The summed E-state index contributed by atoms with van der Waals surface area (Å²) < 4.78 is 0. The summed E-state index contributed by atoms with van der Waals surface area (Å²) in [5, 5.41) is 3.00. The molecule has 2 aliphatic heterocycles. The van der Waals surface area contributed by atoms with Gasteiger partial charge in [0.25, 0.3) is 0 Å². The first-order valence-corrected chi connectivity index (χ1v) is 8.18. The zero-order valence-electron chi connectivity index (χ0n) is 13.7. The largest absolute Gasteiger partial charge is 0.355 e. The lowest BCUT2D eigenvalue weighted by atomic mass is 10.1. The molecule has 0 spiro atoms. The molecule has 21 heavy (non-hydrogen) atoms. The van der Waals surface area contributed by atoms with Crippen LogP contribution in [0.1, 0.15) is 46.5 Å². The highest BCUT2D eigenvalue weighted by Crippen LogP contribution is 2.25. The highest BCUT2D eigenvalue weighted by atomic mass is 16.2. The Balaban J connectivity index is 1.73. The number of hydrogen-bond acceptors (Lipinski definition) is 3. The molecule has 120 valence electrons. The van der Waals surface area contributed by atoms with Crippen LogP contribution in [0, 0.1) is 5.92 Å². The second-order valence-electron chi connectivity index (χ2n) is 7.27. The molecule has 5 heteroatoms. The van der Waals surface area contributed by atoms with E-state index in [2.05, 4.69) is 10.2 Å². The first-order valence-electron chi connectivity index (χ1n) is 8.18. The molecule has 0 saturated carbocycles. The highest BCUT2D eigenvalue weighted by Gasteiger charge is 2.39. The van der Waals surface area contributed by atoms with E-state index in [0.29, 0.717) is 19.5 Å². The lowest BCUT2D eigenvalue weighted by molar-refractivity contribution is -0.132. The van der Waals surface area contributed by atoms with Gasteiger partial charge in [-0.25, -0.2) is 0 Å². The Kier molecular flexibility index (Phi) is 5.25. The fourth-order valence-electron chi connectivity index (χ4n) is 3.20. The molecular weight excluding hydrogens is 266 g/mol. The summed E-state index contributed by atoms with van der Waals surface area (Å²) in [4.78, 5) is 28.4. The number of nitrogens with zero attached hydrogens (tertiary/aromatic N) is 2. The van der Waals surface area contributed by atoms with Crippen LogP contribution in [0.2, 0.25) is 0 Å². The fraction of sp³-hybridized carbons (Fsp3) is 0.875. The van der Waals surface area contributed by atoms with Crippen molar-refractivity contribution in [2.75, 3.05) is 32.7 Å². The first-order chi connectivity index (χ1) is 9.88.